The van der Waals surface area contributed by atoms with Crippen LogP contribution in [0.2, 0.25) is 0 Å². The van der Waals surface area contributed by atoms with Gasteiger partial charge in [-0.05, 0) is 29.2 Å². The highest BCUT2D eigenvalue weighted by molar-refractivity contribution is 5.78. The minimum absolute atomic E-state index is 0.0866. The van der Waals surface area contributed by atoms with E-state index in [1.165, 1.54) is 16.7 Å². The van der Waals surface area contributed by atoms with Crippen LogP contribution in [0, 0.1) is 6.92 Å². The first kappa shape index (κ1) is 15.3. The Morgan fingerprint density at radius 3 is 2.88 bits per heavy atom. The van der Waals surface area contributed by atoms with E-state index >= 15 is 0 Å². The van der Waals surface area contributed by atoms with Gasteiger partial charge in [0.1, 0.15) is 0 Å². The minimum Gasteiger partial charge on any atom is -0.424 e. The third kappa shape index (κ3) is 2.68. The zero-order valence-corrected chi connectivity index (χ0v) is 14.5. The average Bonchev–Trinajstić information content (AvgIpc) is 3.29. The summed E-state index contributed by atoms with van der Waals surface area (Å²) in [6.45, 7) is 3.52. The molecule has 6 nitrogen and oxygen atoms in total. The number of aromatic amines is 1. The lowest BCUT2D eigenvalue weighted by molar-refractivity contribution is 0.137. The molecule has 0 bridgehead atoms. The molecule has 5 rings (SSSR count). The van der Waals surface area contributed by atoms with E-state index in [0.29, 0.717) is 11.8 Å². The van der Waals surface area contributed by atoms with Crippen molar-refractivity contribution >= 4 is 10.9 Å². The van der Waals surface area contributed by atoms with E-state index in [9.17, 15) is 0 Å². The number of fused-ring (bicyclic) bond motifs is 2. The Morgan fingerprint density at radius 1 is 1.15 bits per heavy atom. The van der Waals surface area contributed by atoms with Crippen LogP contribution < -0.4 is 0 Å². The molecular weight excluding hydrogens is 326 g/mol. The monoisotopic (exact) mass is 345 g/mol. The first-order chi connectivity index (χ1) is 12.8. The zero-order chi connectivity index (χ0) is 17.5. The van der Waals surface area contributed by atoms with Crippen molar-refractivity contribution in [3.05, 3.63) is 77.1 Å². The standard InChI is InChI=1S/C20H19N5O/c1-13-22-24-20(26-13)19-9-15-4-2-3-5-17(15)12-25(19)11-14-6-7-16-10-21-23-18(16)8-14/h2-8,10,19H,9,11-12H2,1H3,(H,21,23)/t19-/m0/s1. The van der Waals surface area contributed by atoms with Crippen LogP contribution >= 0.6 is 0 Å². The van der Waals surface area contributed by atoms with Gasteiger partial charge in [-0.25, -0.2) is 0 Å². The van der Waals surface area contributed by atoms with Gasteiger partial charge in [-0.15, -0.1) is 10.2 Å². The van der Waals surface area contributed by atoms with E-state index in [0.717, 1.165) is 30.4 Å². The smallest absolute Gasteiger partial charge is 0.233 e. The van der Waals surface area contributed by atoms with E-state index in [4.69, 9.17) is 4.42 Å². The third-order valence-electron chi connectivity index (χ3n) is 5.06. The van der Waals surface area contributed by atoms with Gasteiger partial charge in [-0.3, -0.25) is 10.00 Å². The Balaban J connectivity index is 1.50. The lowest BCUT2D eigenvalue weighted by atomic mass is 9.93. The summed E-state index contributed by atoms with van der Waals surface area (Å²) >= 11 is 0. The predicted octanol–water partition coefficient (Wildman–Crippen LogP) is 3.55. The largest absolute Gasteiger partial charge is 0.424 e. The number of hydrogen-bond donors (Lipinski definition) is 1. The summed E-state index contributed by atoms with van der Waals surface area (Å²) in [7, 11) is 0. The van der Waals surface area contributed by atoms with E-state index in [1.54, 1.807) is 0 Å². The molecule has 1 N–H and O–H groups in total. The number of nitrogens with one attached hydrogen (secondary N) is 1. The van der Waals surface area contributed by atoms with Crippen LogP contribution in [0.3, 0.4) is 0 Å². The second-order valence-corrected chi connectivity index (χ2v) is 6.84. The molecule has 26 heavy (non-hydrogen) atoms. The fraction of sp³-hybridized carbons (Fsp3) is 0.250. The summed E-state index contributed by atoms with van der Waals surface area (Å²) in [5.41, 5.74) is 5.02. The van der Waals surface area contributed by atoms with Crippen molar-refractivity contribution in [2.75, 3.05) is 0 Å². The van der Waals surface area contributed by atoms with Crippen molar-refractivity contribution in [2.45, 2.75) is 32.5 Å². The molecule has 6 heteroatoms. The first-order valence-corrected chi connectivity index (χ1v) is 8.79. The molecule has 0 spiro atoms. The van der Waals surface area contributed by atoms with Crippen molar-refractivity contribution in [1.82, 2.24) is 25.3 Å². The van der Waals surface area contributed by atoms with Crippen LogP contribution in [0.1, 0.15) is 34.5 Å². The van der Waals surface area contributed by atoms with Crippen LogP contribution in [0.15, 0.2) is 53.1 Å². The van der Waals surface area contributed by atoms with Gasteiger partial charge < -0.3 is 4.42 Å². The van der Waals surface area contributed by atoms with Crippen LogP contribution in [0.5, 0.6) is 0 Å². The molecule has 2 aromatic carbocycles. The maximum Gasteiger partial charge on any atom is 0.233 e. The van der Waals surface area contributed by atoms with Gasteiger partial charge in [0.2, 0.25) is 11.8 Å². The molecule has 130 valence electrons. The summed E-state index contributed by atoms with van der Waals surface area (Å²) in [4.78, 5) is 2.41. The Labute approximate surface area is 150 Å². The summed E-state index contributed by atoms with van der Waals surface area (Å²) < 4.78 is 5.78. The van der Waals surface area contributed by atoms with Crippen molar-refractivity contribution in [2.24, 2.45) is 0 Å². The van der Waals surface area contributed by atoms with Gasteiger partial charge in [0.15, 0.2) is 0 Å². The molecule has 0 saturated heterocycles. The summed E-state index contributed by atoms with van der Waals surface area (Å²) in [5.74, 6) is 1.30. The number of nitrogens with zero attached hydrogens (tertiary/aromatic N) is 4. The fourth-order valence-corrected chi connectivity index (χ4v) is 3.75. The predicted molar refractivity (Wildman–Crippen MR) is 97.3 cm³/mol. The van der Waals surface area contributed by atoms with Gasteiger partial charge in [-0.1, -0.05) is 36.4 Å². The fourth-order valence-electron chi connectivity index (χ4n) is 3.75. The third-order valence-corrected chi connectivity index (χ3v) is 5.06. The molecule has 1 aliphatic rings. The highest BCUT2D eigenvalue weighted by Crippen LogP contribution is 2.34. The van der Waals surface area contributed by atoms with Crippen molar-refractivity contribution in [1.29, 1.82) is 0 Å². The summed E-state index contributed by atoms with van der Waals surface area (Å²) in [6, 6.07) is 15.1. The normalized spacial score (nSPS) is 17.5. The molecule has 1 atom stereocenters. The number of aromatic nitrogens is 4. The van der Waals surface area contributed by atoms with Crippen LogP contribution in [-0.4, -0.2) is 25.3 Å². The van der Waals surface area contributed by atoms with Crippen LogP contribution in [0.4, 0.5) is 0 Å². The summed E-state index contributed by atoms with van der Waals surface area (Å²) in [6.07, 6.45) is 2.73. The molecule has 0 saturated carbocycles. The molecule has 1 aliphatic heterocycles. The maximum absolute atomic E-state index is 5.78. The topological polar surface area (TPSA) is 70.8 Å². The molecule has 2 aromatic heterocycles. The van der Waals surface area contributed by atoms with Gasteiger partial charge in [0, 0.05) is 25.4 Å². The lowest BCUT2D eigenvalue weighted by Crippen LogP contribution is -2.34. The second-order valence-electron chi connectivity index (χ2n) is 6.84. The van der Waals surface area contributed by atoms with Gasteiger partial charge >= 0.3 is 0 Å². The molecule has 0 amide bonds. The molecule has 0 fully saturated rings. The van der Waals surface area contributed by atoms with Crippen molar-refractivity contribution in [3.63, 3.8) is 0 Å². The SMILES string of the molecule is Cc1nnc([C@@H]2Cc3ccccc3CN2Cc2ccc3cn[nH]c3c2)o1. The minimum atomic E-state index is 0.0866. The zero-order valence-electron chi connectivity index (χ0n) is 14.5. The molecule has 0 aliphatic carbocycles. The van der Waals surface area contributed by atoms with E-state index in [2.05, 4.69) is 67.8 Å². The second kappa shape index (κ2) is 6.07. The number of H-pyrrole nitrogens is 1. The highest BCUT2D eigenvalue weighted by Gasteiger charge is 2.31. The van der Waals surface area contributed by atoms with Crippen LogP contribution in [-0.2, 0) is 19.5 Å². The quantitative estimate of drug-likeness (QED) is 0.615. The number of aryl methyl sites for hydroxylation is 1. The molecular formula is C20H19N5O. The highest BCUT2D eigenvalue weighted by atomic mass is 16.4. The van der Waals surface area contributed by atoms with Gasteiger partial charge in [0.05, 0.1) is 17.8 Å². The van der Waals surface area contributed by atoms with Gasteiger partial charge in [0.25, 0.3) is 0 Å². The molecule has 3 heterocycles. The Bertz CT molecular complexity index is 1070. The van der Waals surface area contributed by atoms with Crippen molar-refractivity contribution < 1.29 is 4.42 Å². The van der Waals surface area contributed by atoms with E-state index < -0.39 is 0 Å². The number of benzene rings is 2. The number of rotatable bonds is 3. The first-order valence-electron chi connectivity index (χ1n) is 8.79. The Kier molecular flexibility index (Phi) is 3.57. The lowest BCUT2D eigenvalue weighted by Gasteiger charge is -2.35. The van der Waals surface area contributed by atoms with Crippen LogP contribution in [0.25, 0.3) is 10.9 Å². The molecule has 0 radical (unpaired) electrons. The molecule has 0 unspecified atom stereocenters. The number of hydrogen-bond acceptors (Lipinski definition) is 5. The van der Waals surface area contributed by atoms with E-state index in [1.807, 2.05) is 13.1 Å². The Morgan fingerprint density at radius 2 is 2.04 bits per heavy atom. The van der Waals surface area contributed by atoms with Gasteiger partial charge in [-0.2, -0.15) is 5.10 Å². The van der Waals surface area contributed by atoms with E-state index in [-0.39, 0.29) is 6.04 Å². The Hall–Kier alpha value is -2.99. The average molecular weight is 345 g/mol. The summed E-state index contributed by atoms with van der Waals surface area (Å²) in [5, 5.41) is 16.6. The van der Waals surface area contributed by atoms with Crippen molar-refractivity contribution in [3.8, 4) is 0 Å². The molecule has 4 aromatic rings. The maximum atomic E-state index is 5.78.